The van der Waals surface area contributed by atoms with E-state index in [1.807, 2.05) is 0 Å². The van der Waals surface area contributed by atoms with Crippen molar-refractivity contribution in [2.45, 2.75) is 39.0 Å². The summed E-state index contributed by atoms with van der Waals surface area (Å²) in [4.78, 5) is 0. The summed E-state index contributed by atoms with van der Waals surface area (Å²) in [6.45, 7) is 2.26. The van der Waals surface area contributed by atoms with E-state index in [0.717, 1.165) is 6.42 Å². The molecule has 18 heavy (non-hydrogen) atoms. The van der Waals surface area contributed by atoms with Gasteiger partial charge >= 0.3 is 0 Å². The Morgan fingerprint density at radius 1 is 0.722 bits per heavy atom. The van der Waals surface area contributed by atoms with E-state index < -0.39 is 0 Å². The van der Waals surface area contributed by atoms with Gasteiger partial charge in [0.25, 0.3) is 0 Å². The van der Waals surface area contributed by atoms with Crippen molar-refractivity contribution in [2.75, 3.05) is 0 Å². The maximum atomic E-state index is 2.29. The van der Waals surface area contributed by atoms with Crippen molar-refractivity contribution in [1.29, 1.82) is 0 Å². The van der Waals surface area contributed by atoms with Crippen LogP contribution in [-0.2, 0) is 12.8 Å². The van der Waals surface area contributed by atoms with E-state index in [1.165, 1.54) is 42.4 Å². The van der Waals surface area contributed by atoms with E-state index in [4.69, 9.17) is 0 Å². The van der Waals surface area contributed by atoms with Crippen LogP contribution >= 0.6 is 0 Å². The van der Waals surface area contributed by atoms with E-state index in [0.29, 0.717) is 0 Å². The third-order valence-electron chi connectivity index (χ3n) is 3.41. The zero-order valence-electron chi connectivity index (χ0n) is 11.2. The van der Waals surface area contributed by atoms with E-state index in [2.05, 4.69) is 61.5 Å². The van der Waals surface area contributed by atoms with E-state index >= 15 is 0 Å². The van der Waals surface area contributed by atoms with Crippen molar-refractivity contribution in [2.24, 2.45) is 0 Å². The smallest absolute Gasteiger partial charge is 0.00230 e. The molecule has 0 saturated carbocycles. The van der Waals surface area contributed by atoms with Crippen molar-refractivity contribution >= 4 is 0 Å². The number of hydrogen-bond acceptors (Lipinski definition) is 0. The van der Waals surface area contributed by atoms with Gasteiger partial charge in [-0.15, -0.1) is 0 Å². The standard InChI is InChI=1S/C18H22/c1-2-3-5-12-17-13-8-9-14-18(17)15-16-10-6-4-7-11-16/h4,6-11,13-14H,2-3,5,12,15H2,1H3. The van der Waals surface area contributed by atoms with Gasteiger partial charge in [0, 0.05) is 0 Å². The summed E-state index contributed by atoms with van der Waals surface area (Å²) in [7, 11) is 0. The highest BCUT2D eigenvalue weighted by atomic mass is 14.1. The minimum atomic E-state index is 1.06. The first-order valence-electron chi connectivity index (χ1n) is 7.01. The van der Waals surface area contributed by atoms with Crippen molar-refractivity contribution in [3.8, 4) is 0 Å². The molecule has 0 aliphatic heterocycles. The van der Waals surface area contributed by atoms with E-state index in [1.54, 1.807) is 0 Å². The topological polar surface area (TPSA) is 0 Å². The molecule has 0 radical (unpaired) electrons. The van der Waals surface area contributed by atoms with E-state index in [-0.39, 0.29) is 0 Å². The molecule has 0 amide bonds. The molecule has 0 unspecified atom stereocenters. The zero-order chi connectivity index (χ0) is 12.6. The van der Waals surface area contributed by atoms with Gasteiger partial charge in [0.15, 0.2) is 0 Å². The Hall–Kier alpha value is -1.56. The molecular formula is C18H22. The Morgan fingerprint density at radius 3 is 2.11 bits per heavy atom. The van der Waals surface area contributed by atoms with Gasteiger partial charge in [0.2, 0.25) is 0 Å². The Morgan fingerprint density at radius 2 is 1.39 bits per heavy atom. The van der Waals surface area contributed by atoms with Gasteiger partial charge in [0.1, 0.15) is 0 Å². The Bertz CT molecular complexity index is 456. The van der Waals surface area contributed by atoms with Crippen molar-refractivity contribution < 1.29 is 0 Å². The lowest BCUT2D eigenvalue weighted by Gasteiger charge is -2.09. The van der Waals surface area contributed by atoms with Gasteiger partial charge in [0.05, 0.1) is 0 Å². The average molecular weight is 238 g/mol. The summed E-state index contributed by atoms with van der Waals surface area (Å²) in [6, 6.07) is 19.6. The highest BCUT2D eigenvalue weighted by Crippen LogP contribution is 2.16. The zero-order valence-corrected chi connectivity index (χ0v) is 11.2. The number of rotatable bonds is 6. The van der Waals surface area contributed by atoms with Gasteiger partial charge in [-0.05, 0) is 36.0 Å². The second-order valence-electron chi connectivity index (χ2n) is 4.89. The molecule has 0 aliphatic rings. The van der Waals surface area contributed by atoms with Crippen LogP contribution in [0.5, 0.6) is 0 Å². The van der Waals surface area contributed by atoms with Crippen LogP contribution in [0.1, 0.15) is 42.9 Å². The molecule has 0 heterocycles. The van der Waals surface area contributed by atoms with Crippen LogP contribution < -0.4 is 0 Å². The van der Waals surface area contributed by atoms with Crippen LogP contribution in [0.3, 0.4) is 0 Å². The van der Waals surface area contributed by atoms with Crippen LogP contribution in [0, 0.1) is 0 Å². The first-order valence-corrected chi connectivity index (χ1v) is 7.01. The minimum absolute atomic E-state index is 1.06. The third-order valence-corrected chi connectivity index (χ3v) is 3.41. The highest BCUT2D eigenvalue weighted by Gasteiger charge is 2.02. The predicted octanol–water partition coefficient (Wildman–Crippen LogP) is 5.01. The molecule has 2 aromatic rings. The molecule has 0 nitrogen and oxygen atoms in total. The van der Waals surface area contributed by atoms with Crippen LogP contribution in [0.4, 0.5) is 0 Å². The van der Waals surface area contributed by atoms with Crippen molar-refractivity contribution in [1.82, 2.24) is 0 Å². The fourth-order valence-electron chi connectivity index (χ4n) is 2.36. The second-order valence-corrected chi connectivity index (χ2v) is 4.89. The summed E-state index contributed by atoms with van der Waals surface area (Å²) in [5.74, 6) is 0. The summed E-state index contributed by atoms with van der Waals surface area (Å²) in [5, 5.41) is 0. The fourth-order valence-corrected chi connectivity index (χ4v) is 2.36. The SMILES string of the molecule is CCCCCc1ccccc1Cc1ccccc1. The molecule has 0 aliphatic carbocycles. The number of unbranched alkanes of at least 4 members (excludes halogenated alkanes) is 2. The average Bonchev–Trinajstić information content (AvgIpc) is 2.42. The minimum Gasteiger partial charge on any atom is -0.0654 e. The Labute approximate surface area is 111 Å². The molecule has 0 N–H and O–H groups in total. The molecule has 94 valence electrons. The van der Waals surface area contributed by atoms with E-state index in [9.17, 15) is 0 Å². The molecule has 2 aromatic carbocycles. The lowest BCUT2D eigenvalue weighted by Crippen LogP contribution is -1.95. The molecule has 0 saturated heterocycles. The molecule has 0 bridgehead atoms. The maximum absolute atomic E-state index is 2.29. The second kappa shape index (κ2) is 7.00. The Kier molecular flexibility index (Phi) is 5.01. The van der Waals surface area contributed by atoms with Crippen LogP contribution in [-0.4, -0.2) is 0 Å². The molecule has 0 heteroatoms. The van der Waals surface area contributed by atoms with Crippen molar-refractivity contribution in [3.05, 3.63) is 71.3 Å². The lowest BCUT2D eigenvalue weighted by molar-refractivity contribution is 0.714. The van der Waals surface area contributed by atoms with Gasteiger partial charge in [-0.2, -0.15) is 0 Å². The number of benzene rings is 2. The summed E-state index contributed by atoms with van der Waals surface area (Å²) >= 11 is 0. The predicted molar refractivity (Wildman–Crippen MR) is 78.9 cm³/mol. The van der Waals surface area contributed by atoms with Gasteiger partial charge < -0.3 is 0 Å². The Balaban J connectivity index is 2.07. The lowest BCUT2D eigenvalue weighted by atomic mass is 9.96. The third kappa shape index (κ3) is 3.73. The first kappa shape index (κ1) is 12.9. The summed E-state index contributed by atoms with van der Waals surface area (Å²) in [6.07, 6.45) is 6.21. The van der Waals surface area contributed by atoms with Crippen molar-refractivity contribution in [3.63, 3.8) is 0 Å². The maximum Gasteiger partial charge on any atom is -0.00230 e. The van der Waals surface area contributed by atoms with Crippen LogP contribution in [0.25, 0.3) is 0 Å². The molecule has 2 rings (SSSR count). The molecular weight excluding hydrogens is 216 g/mol. The normalized spacial score (nSPS) is 10.5. The van der Waals surface area contributed by atoms with Crippen LogP contribution in [0.2, 0.25) is 0 Å². The monoisotopic (exact) mass is 238 g/mol. The largest absolute Gasteiger partial charge is 0.0654 e. The molecule has 0 aromatic heterocycles. The highest BCUT2D eigenvalue weighted by molar-refractivity contribution is 5.32. The van der Waals surface area contributed by atoms with Gasteiger partial charge in [-0.3, -0.25) is 0 Å². The van der Waals surface area contributed by atoms with Crippen LogP contribution in [0.15, 0.2) is 54.6 Å². The number of hydrogen-bond donors (Lipinski definition) is 0. The molecule has 0 atom stereocenters. The van der Waals surface area contributed by atoms with Gasteiger partial charge in [-0.1, -0.05) is 74.4 Å². The molecule has 0 spiro atoms. The molecule has 0 fully saturated rings. The quantitative estimate of drug-likeness (QED) is 0.620. The first-order chi connectivity index (χ1) is 8.90. The summed E-state index contributed by atoms with van der Waals surface area (Å²) in [5.41, 5.74) is 4.41. The number of aryl methyl sites for hydroxylation is 1. The fraction of sp³-hybridized carbons (Fsp3) is 0.333. The van der Waals surface area contributed by atoms with Gasteiger partial charge in [-0.25, -0.2) is 0 Å². The summed E-state index contributed by atoms with van der Waals surface area (Å²) < 4.78 is 0.